The summed E-state index contributed by atoms with van der Waals surface area (Å²) in [6.45, 7) is 3.06. The van der Waals surface area contributed by atoms with Gasteiger partial charge in [0.25, 0.3) is 0 Å². The molecule has 104 valence electrons. The van der Waals surface area contributed by atoms with Crippen molar-refractivity contribution in [1.29, 1.82) is 0 Å². The van der Waals surface area contributed by atoms with E-state index in [1.165, 1.54) is 19.3 Å². The second-order valence-corrected chi connectivity index (χ2v) is 5.04. The zero-order chi connectivity index (χ0) is 13.7. The van der Waals surface area contributed by atoms with Gasteiger partial charge < -0.3 is 15.8 Å². The van der Waals surface area contributed by atoms with E-state index in [1.807, 2.05) is 6.07 Å². The van der Waals surface area contributed by atoms with E-state index in [-0.39, 0.29) is 5.97 Å². The Kier molecular flexibility index (Phi) is 4.66. The topological polar surface area (TPSA) is 64.3 Å². The van der Waals surface area contributed by atoms with Crippen LogP contribution in [0, 0.1) is 5.92 Å². The van der Waals surface area contributed by atoms with Gasteiger partial charge in [0.2, 0.25) is 0 Å². The van der Waals surface area contributed by atoms with E-state index in [1.54, 1.807) is 19.1 Å². The number of carbonyl (C=O) groups is 1. The number of nitrogens with two attached hydrogens (primary N) is 1. The second kappa shape index (κ2) is 6.45. The van der Waals surface area contributed by atoms with E-state index < -0.39 is 0 Å². The number of hydrogen-bond acceptors (Lipinski definition) is 4. The lowest BCUT2D eigenvalue weighted by Crippen LogP contribution is -2.17. The molecule has 0 heterocycles. The third-order valence-electron chi connectivity index (χ3n) is 3.63. The number of ether oxygens (including phenoxy) is 1. The summed E-state index contributed by atoms with van der Waals surface area (Å²) < 4.78 is 5.05. The molecule has 1 aliphatic carbocycles. The van der Waals surface area contributed by atoms with Gasteiger partial charge in [-0.05, 0) is 37.5 Å². The van der Waals surface area contributed by atoms with E-state index in [9.17, 15) is 4.79 Å². The quantitative estimate of drug-likeness (QED) is 0.611. The number of anilines is 2. The fraction of sp³-hybridized carbons (Fsp3) is 0.533. The average molecular weight is 262 g/mol. The molecule has 1 aromatic carbocycles. The second-order valence-electron chi connectivity index (χ2n) is 5.04. The molecule has 0 saturated heterocycles. The van der Waals surface area contributed by atoms with Crippen molar-refractivity contribution in [3.8, 4) is 0 Å². The van der Waals surface area contributed by atoms with Crippen LogP contribution in [0.2, 0.25) is 0 Å². The molecule has 0 unspecified atom stereocenters. The Labute approximate surface area is 114 Å². The fourth-order valence-corrected chi connectivity index (χ4v) is 2.29. The zero-order valence-electron chi connectivity index (χ0n) is 11.4. The molecular weight excluding hydrogens is 240 g/mol. The summed E-state index contributed by atoms with van der Waals surface area (Å²) in [6, 6.07) is 5.32. The number of esters is 1. The summed E-state index contributed by atoms with van der Waals surface area (Å²) in [7, 11) is 0. The number of nitrogen functional groups attached to an aromatic ring is 1. The van der Waals surface area contributed by atoms with E-state index in [0.717, 1.165) is 24.6 Å². The van der Waals surface area contributed by atoms with Gasteiger partial charge in [0.1, 0.15) is 0 Å². The van der Waals surface area contributed by atoms with E-state index in [4.69, 9.17) is 10.5 Å². The van der Waals surface area contributed by atoms with Crippen LogP contribution in [0.3, 0.4) is 0 Å². The highest BCUT2D eigenvalue weighted by Crippen LogP contribution is 2.29. The first kappa shape index (κ1) is 13.7. The molecule has 0 radical (unpaired) electrons. The van der Waals surface area contributed by atoms with Crippen LogP contribution < -0.4 is 11.1 Å². The van der Waals surface area contributed by atoms with Crippen molar-refractivity contribution in [2.24, 2.45) is 5.92 Å². The van der Waals surface area contributed by atoms with Gasteiger partial charge in [-0.2, -0.15) is 0 Å². The van der Waals surface area contributed by atoms with Crippen LogP contribution in [0.15, 0.2) is 18.2 Å². The van der Waals surface area contributed by atoms with Crippen LogP contribution in [-0.2, 0) is 4.74 Å². The first-order chi connectivity index (χ1) is 9.20. The van der Waals surface area contributed by atoms with E-state index in [2.05, 4.69) is 5.32 Å². The van der Waals surface area contributed by atoms with Crippen LogP contribution in [0.4, 0.5) is 11.4 Å². The van der Waals surface area contributed by atoms with E-state index >= 15 is 0 Å². The number of rotatable bonds is 6. The molecule has 4 heteroatoms. The van der Waals surface area contributed by atoms with Crippen LogP contribution in [0.25, 0.3) is 0 Å². The molecule has 0 spiro atoms. The summed E-state index contributed by atoms with van der Waals surface area (Å²) in [6.07, 6.45) is 5.20. The van der Waals surface area contributed by atoms with Crippen molar-refractivity contribution in [3.63, 3.8) is 0 Å². The minimum absolute atomic E-state index is 0.319. The summed E-state index contributed by atoms with van der Waals surface area (Å²) >= 11 is 0. The van der Waals surface area contributed by atoms with Gasteiger partial charge in [0.15, 0.2) is 0 Å². The minimum Gasteiger partial charge on any atom is -0.462 e. The lowest BCUT2D eigenvalue weighted by molar-refractivity contribution is 0.0527. The van der Waals surface area contributed by atoms with Gasteiger partial charge in [-0.15, -0.1) is 0 Å². The van der Waals surface area contributed by atoms with Crippen LogP contribution in [-0.4, -0.2) is 19.1 Å². The van der Waals surface area contributed by atoms with Crippen LogP contribution in [0.5, 0.6) is 0 Å². The van der Waals surface area contributed by atoms with Gasteiger partial charge in [-0.25, -0.2) is 4.79 Å². The smallest absolute Gasteiger partial charge is 0.340 e. The molecule has 2 rings (SSSR count). The lowest BCUT2D eigenvalue weighted by atomic mass is 9.83. The summed E-state index contributed by atoms with van der Waals surface area (Å²) in [5.74, 6) is 0.535. The molecule has 0 atom stereocenters. The maximum absolute atomic E-state index is 11.9. The summed E-state index contributed by atoms with van der Waals surface area (Å²) in [4.78, 5) is 11.9. The molecule has 0 aliphatic heterocycles. The Morgan fingerprint density at radius 1 is 1.47 bits per heavy atom. The van der Waals surface area contributed by atoms with Gasteiger partial charge in [-0.3, -0.25) is 0 Å². The normalized spacial score (nSPS) is 14.8. The van der Waals surface area contributed by atoms with Crippen molar-refractivity contribution < 1.29 is 9.53 Å². The maximum Gasteiger partial charge on any atom is 0.340 e. The largest absolute Gasteiger partial charge is 0.462 e. The van der Waals surface area contributed by atoms with E-state index in [0.29, 0.717) is 17.9 Å². The minimum atomic E-state index is -0.319. The molecule has 0 aromatic heterocycles. The van der Waals surface area contributed by atoms with Crippen molar-refractivity contribution >= 4 is 17.3 Å². The number of nitrogens with one attached hydrogen (secondary N) is 1. The third-order valence-corrected chi connectivity index (χ3v) is 3.63. The first-order valence-electron chi connectivity index (χ1n) is 7.01. The van der Waals surface area contributed by atoms with Crippen molar-refractivity contribution in [2.75, 3.05) is 24.2 Å². The predicted octanol–water partition coefficient (Wildman–Crippen LogP) is 3.05. The predicted molar refractivity (Wildman–Crippen MR) is 77.3 cm³/mol. The number of benzene rings is 1. The summed E-state index contributed by atoms with van der Waals surface area (Å²) in [5.41, 5.74) is 7.65. The Hall–Kier alpha value is -1.71. The highest BCUT2D eigenvalue weighted by Gasteiger charge is 2.17. The maximum atomic E-state index is 11.9. The Morgan fingerprint density at radius 3 is 2.89 bits per heavy atom. The molecule has 1 aliphatic rings. The number of carbonyl (C=O) groups excluding carboxylic acids is 1. The fourth-order valence-electron chi connectivity index (χ4n) is 2.29. The third kappa shape index (κ3) is 3.63. The van der Waals surface area contributed by atoms with Gasteiger partial charge in [-0.1, -0.05) is 19.3 Å². The van der Waals surface area contributed by atoms with Crippen molar-refractivity contribution in [2.45, 2.75) is 32.6 Å². The molecule has 1 aromatic rings. The van der Waals surface area contributed by atoms with Gasteiger partial charge in [0.05, 0.1) is 12.2 Å². The molecule has 0 amide bonds. The Morgan fingerprint density at radius 2 is 2.26 bits per heavy atom. The number of hydrogen-bond donors (Lipinski definition) is 2. The molecular formula is C15H22N2O2. The standard InChI is InChI=1S/C15H22N2O2/c1-2-19-15(18)13-10-12(16)6-7-14(13)17-9-8-11-4-3-5-11/h6-7,10-11,17H,2-5,8-9,16H2,1H3. The molecule has 1 saturated carbocycles. The summed E-state index contributed by atoms with van der Waals surface area (Å²) in [5, 5.41) is 3.32. The van der Waals surface area contributed by atoms with Crippen molar-refractivity contribution in [1.82, 2.24) is 0 Å². The van der Waals surface area contributed by atoms with Crippen LogP contribution in [0.1, 0.15) is 43.0 Å². The SMILES string of the molecule is CCOC(=O)c1cc(N)ccc1NCCC1CCC1. The Bertz CT molecular complexity index is 442. The average Bonchev–Trinajstić information content (AvgIpc) is 2.34. The molecule has 1 fully saturated rings. The van der Waals surface area contributed by atoms with Crippen molar-refractivity contribution in [3.05, 3.63) is 23.8 Å². The lowest BCUT2D eigenvalue weighted by Gasteiger charge is -2.25. The molecule has 3 N–H and O–H groups in total. The molecule has 4 nitrogen and oxygen atoms in total. The molecule has 0 bridgehead atoms. The monoisotopic (exact) mass is 262 g/mol. The highest BCUT2D eigenvalue weighted by molar-refractivity contribution is 5.96. The highest BCUT2D eigenvalue weighted by atomic mass is 16.5. The van der Waals surface area contributed by atoms with Gasteiger partial charge >= 0.3 is 5.97 Å². The van der Waals surface area contributed by atoms with Crippen LogP contribution >= 0.6 is 0 Å². The zero-order valence-corrected chi connectivity index (χ0v) is 11.4. The Balaban J connectivity index is 1.98. The molecule has 19 heavy (non-hydrogen) atoms. The first-order valence-corrected chi connectivity index (χ1v) is 7.01. The van der Waals surface area contributed by atoms with Gasteiger partial charge in [0, 0.05) is 17.9 Å².